The third-order valence-corrected chi connectivity index (χ3v) is 15.0. The van der Waals surface area contributed by atoms with Crippen molar-refractivity contribution in [2.24, 2.45) is 28.6 Å². The number of fused-ring (bicyclic) bond motifs is 5. The predicted octanol–water partition coefficient (Wildman–Crippen LogP) is 3.58. The minimum Gasteiger partial charge on any atom is -0.390 e. The number of alkyl halides is 2. The minimum atomic E-state index is -2.37. The molecule has 0 spiro atoms. The van der Waals surface area contributed by atoms with Gasteiger partial charge in [-0.05, 0) is 105 Å². The van der Waals surface area contributed by atoms with Crippen molar-refractivity contribution in [1.29, 1.82) is 0 Å². The van der Waals surface area contributed by atoms with Crippen LogP contribution in [0.15, 0.2) is 94.3 Å². The van der Waals surface area contributed by atoms with E-state index in [9.17, 15) is 48.9 Å². The molecule has 5 aliphatic rings. The Morgan fingerprint density at radius 2 is 1.51 bits per heavy atom. The second kappa shape index (κ2) is 18.5. The fourth-order valence-electron chi connectivity index (χ4n) is 10.6. The molecule has 18 heteroatoms. The van der Waals surface area contributed by atoms with Gasteiger partial charge in [0.05, 0.1) is 18.1 Å². The zero-order valence-corrected chi connectivity index (χ0v) is 37.0. The molecule has 0 bridgehead atoms. The number of nitrogens with zero attached hydrogens (tertiary/aromatic N) is 1. The summed E-state index contributed by atoms with van der Waals surface area (Å²) >= 11 is 1.38. The Hall–Kier alpha value is -5.40. The molecule has 4 aliphatic carbocycles. The van der Waals surface area contributed by atoms with E-state index in [1.54, 1.807) is 55.5 Å². The lowest BCUT2D eigenvalue weighted by Gasteiger charge is -2.62. The summed E-state index contributed by atoms with van der Waals surface area (Å²) in [5.74, 6) is -6.55. The summed E-state index contributed by atoms with van der Waals surface area (Å²) in [5.41, 5.74) is -4.29. The number of nitrogens with one attached hydrogen (secondary N) is 3. The van der Waals surface area contributed by atoms with Crippen LogP contribution in [0.1, 0.15) is 65.2 Å². The van der Waals surface area contributed by atoms with Crippen molar-refractivity contribution in [1.82, 2.24) is 15.5 Å². The van der Waals surface area contributed by atoms with E-state index in [1.807, 2.05) is 0 Å². The number of amides is 5. The molecule has 3 saturated carbocycles. The average molecular weight is 919 g/mol. The van der Waals surface area contributed by atoms with E-state index in [0.29, 0.717) is 11.3 Å². The molecule has 15 nitrogen and oxygen atoms in total. The molecule has 0 saturated heterocycles. The Bertz CT molecular complexity index is 2340. The molecule has 65 heavy (non-hydrogen) atoms. The molecule has 6 N–H and O–H groups in total. The molecule has 3 fully saturated rings. The number of ether oxygens (including phenoxy) is 1. The molecule has 2 aromatic rings. The van der Waals surface area contributed by atoms with Gasteiger partial charge < -0.3 is 36.0 Å². The smallest absolute Gasteiger partial charge is 0.253 e. The van der Waals surface area contributed by atoms with E-state index >= 15 is 8.78 Å². The van der Waals surface area contributed by atoms with Gasteiger partial charge in [-0.25, -0.2) is 8.78 Å². The molecule has 1 heterocycles. The number of benzene rings is 2. The SMILES string of the molecule is C[C@H](NC(=O)CCN1C(=O)C=CC1=O)C(=O)N[C@@H](C)C(=O)Nc1ccc(Sc2ccc([C@H](O)O[C@@H]3C[C@H]4[C@@H]5C[C@H](F)C6=CC(=O)C=C[C@]6(C)[C@@]5(F)[C@@H](O)C[C@]4(C)[C@H]3C(=O)CO)cc2)cc1. The van der Waals surface area contributed by atoms with Crippen LogP contribution in [-0.4, -0.2) is 111 Å². The summed E-state index contributed by atoms with van der Waals surface area (Å²) in [6, 6.07) is 11.7. The Kier molecular flexibility index (Phi) is 13.5. The Labute approximate surface area is 378 Å². The number of allylic oxidation sites excluding steroid dienone is 4. The first-order valence-electron chi connectivity index (χ1n) is 21.5. The molecule has 0 unspecified atom stereocenters. The van der Waals surface area contributed by atoms with Gasteiger partial charge in [0.25, 0.3) is 11.8 Å². The fraction of sp³-hybridized carbons (Fsp3) is 0.468. The first-order chi connectivity index (χ1) is 30.7. The van der Waals surface area contributed by atoms with Crippen LogP contribution < -0.4 is 16.0 Å². The Morgan fingerprint density at radius 1 is 0.892 bits per heavy atom. The van der Waals surface area contributed by atoms with E-state index < -0.39 is 119 Å². The second-order valence-electron chi connectivity index (χ2n) is 17.9. The lowest BCUT2D eigenvalue weighted by atomic mass is 9.45. The van der Waals surface area contributed by atoms with Gasteiger partial charge >= 0.3 is 0 Å². The van der Waals surface area contributed by atoms with Crippen LogP contribution in [0.2, 0.25) is 0 Å². The van der Waals surface area contributed by atoms with Crippen molar-refractivity contribution in [3.63, 3.8) is 0 Å². The Balaban J connectivity index is 0.925. The molecular formula is C47H52F2N4O11S. The van der Waals surface area contributed by atoms with Gasteiger partial charge in [-0.15, -0.1) is 0 Å². The molecule has 0 radical (unpaired) electrons. The van der Waals surface area contributed by atoms with Gasteiger partial charge in [-0.2, -0.15) is 0 Å². The number of aliphatic hydroxyl groups excluding tert-OH is 3. The Morgan fingerprint density at radius 3 is 2.14 bits per heavy atom. The van der Waals surface area contributed by atoms with Crippen LogP contribution in [-0.2, 0) is 38.3 Å². The van der Waals surface area contributed by atoms with Gasteiger partial charge in [-0.1, -0.05) is 36.9 Å². The third-order valence-electron chi connectivity index (χ3n) is 13.9. The maximum absolute atomic E-state index is 17.6. The number of rotatable bonds is 15. The number of imide groups is 1. The van der Waals surface area contributed by atoms with Crippen LogP contribution in [0.4, 0.5) is 14.5 Å². The maximum atomic E-state index is 17.6. The summed E-state index contributed by atoms with van der Waals surface area (Å²) in [4.78, 5) is 89.3. The van der Waals surface area contributed by atoms with E-state index in [4.69, 9.17) is 4.74 Å². The normalized spacial score (nSPS) is 31.6. The molecule has 12 atom stereocenters. The quantitative estimate of drug-likeness (QED) is 0.111. The van der Waals surface area contributed by atoms with Gasteiger partial charge in [0.15, 0.2) is 23.5 Å². The number of Topliss-reactive ketones (excluding diaryl/α,β-unsaturated/α-hetero) is 1. The van der Waals surface area contributed by atoms with Crippen molar-refractivity contribution < 1.29 is 62.4 Å². The minimum absolute atomic E-state index is 0.0173. The van der Waals surface area contributed by atoms with Crippen LogP contribution in [0.25, 0.3) is 0 Å². The topological polar surface area (TPSA) is 229 Å². The molecule has 346 valence electrons. The summed E-state index contributed by atoms with van der Waals surface area (Å²) in [5, 5.41) is 40.7. The average Bonchev–Trinajstić information content (AvgIpc) is 3.74. The number of aliphatic hydroxyl groups is 3. The number of carbonyl (C=O) groups is 7. The first kappa shape index (κ1) is 47.6. The van der Waals surface area contributed by atoms with Crippen LogP contribution in [0.5, 0.6) is 0 Å². The second-order valence-corrected chi connectivity index (χ2v) is 19.1. The highest BCUT2D eigenvalue weighted by Crippen LogP contribution is 2.69. The van der Waals surface area contributed by atoms with Gasteiger partial charge in [0, 0.05) is 57.5 Å². The fourth-order valence-corrected chi connectivity index (χ4v) is 11.4. The highest BCUT2D eigenvalue weighted by molar-refractivity contribution is 7.99. The molecule has 2 aromatic carbocycles. The van der Waals surface area contributed by atoms with Crippen molar-refractivity contribution in [3.8, 4) is 0 Å². The summed E-state index contributed by atoms with van der Waals surface area (Å²) < 4.78 is 39.7. The van der Waals surface area contributed by atoms with E-state index in [0.717, 1.165) is 32.9 Å². The van der Waals surface area contributed by atoms with Crippen LogP contribution in [0.3, 0.4) is 0 Å². The number of halogens is 2. The van der Waals surface area contributed by atoms with E-state index in [-0.39, 0.29) is 37.8 Å². The monoisotopic (exact) mass is 918 g/mol. The summed E-state index contributed by atoms with van der Waals surface area (Å²) in [7, 11) is 0. The molecule has 1 aliphatic heterocycles. The van der Waals surface area contributed by atoms with Crippen molar-refractivity contribution in [2.45, 2.75) is 106 Å². The predicted molar refractivity (Wildman–Crippen MR) is 231 cm³/mol. The zero-order chi connectivity index (χ0) is 47.2. The van der Waals surface area contributed by atoms with Crippen LogP contribution >= 0.6 is 11.8 Å². The number of hydrogen-bond acceptors (Lipinski definition) is 12. The van der Waals surface area contributed by atoms with Gasteiger partial charge in [0.2, 0.25) is 17.7 Å². The van der Waals surface area contributed by atoms with E-state index in [2.05, 4.69) is 16.0 Å². The maximum Gasteiger partial charge on any atom is 0.253 e. The number of anilines is 1. The molecule has 5 amide bonds. The zero-order valence-electron chi connectivity index (χ0n) is 36.2. The molecular weight excluding hydrogens is 867 g/mol. The van der Waals surface area contributed by atoms with Gasteiger partial charge in [-0.3, -0.25) is 38.5 Å². The van der Waals surface area contributed by atoms with Crippen molar-refractivity contribution >= 4 is 58.6 Å². The highest BCUT2D eigenvalue weighted by Gasteiger charge is 2.73. The van der Waals surface area contributed by atoms with Crippen LogP contribution in [0, 0.1) is 28.6 Å². The van der Waals surface area contributed by atoms with Crippen molar-refractivity contribution in [3.05, 3.63) is 90.0 Å². The third kappa shape index (κ3) is 8.98. The van der Waals surface area contributed by atoms with Crippen molar-refractivity contribution in [2.75, 3.05) is 18.5 Å². The molecule has 7 rings (SSSR count). The highest BCUT2D eigenvalue weighted by atomic mass is 32.2. The number of hydrogen-bond donors (Lipinski definition) is 6. The summed E-state index contributed by atoms with van der Waals surface area (Å²) in [6.07, 6.45) is -0.607. The van der Waals surface area contributed by atoms with Gasteiger partial charge in [0.1, 0.15) is 24.9 Å². The number of carbonyl (C=O) groups excluding carboxylic acids is 7. The lowest BCUT2D eigenvalue weighted by molar-refractivity contribution is -0.203. The van der Waals surface area contributed by atoms with E-state index in [1.165, 1.54) is 44.7 Å². The first-order valence-corrected chi connectivity index (χ1v) is 22.3. The largest absolute Gasteiger partial charge is 0.390 e. The number of ketones is 2. The summed E-state index contributed by atoms with van der Waals surface area (Å²) in [6.45, 7) is 5.15. The molecule has 0 aromatic heterocycles. The standard InChI is InChI=1S/C47H52F2N4O11S/c1-24(50-38(58)16-18-53-39(59)13-14-40(53)60)42(61)51-25(2)43(62)52-27-7-11-30(12-8-27)65-29-9-5-26(6-10-29)44(63)64-36-21-31-32-20-34(48)33-19-28(55)15-17-46(33,4)47(32,49)37(57)22-45(31,3)41(36)35(56)23-54/h5-15,17,19,24-25,31-32,34,36-37,41,44,54,57,63H,16,18,20-23H2,1-4H3,(H,50,58)(H,51,61)(H,52,62)/t24-,25-,31-,32-,34-,36+,37-,41-,44+,45-,46-,47-/m0/s1. The lowest BCUT2D eigenvalue weighted by Crippen LogP contribution is -2.68.